The van der Waals surface area contributed by atoms with Gasteiger partial charge in [0.25, 0.3) is 0 Å². The molecule has 0 aliphatic heterocycles. The Labute approximate surface area is 202 Å². The van der Waals surface area contributed by atoms with Gasteiger partial charge in [-0.25, -0.2) is 0 Å². The number of hydrogen-bond acceptors (Lipinski definition) is 2. The van der Waals surface area contributed by atoms with Crippen molar-refractivity contribution in [3.05, 3.63) is 103 Å². The molecule has 0 fully saturated rings. The maximum Gasteiger partial charge on any atom is 0.136 e. The van der Waals surface area contributed by atoms with Gasteiger partial charge >= 0.3 is 0 Å². The Balaban J connectivity index is 1.37. The van der Waals surface area contributed by atoms with Gasteiger partial charge in [-0.2, -0.15) is 0 Å². The van der Waals surface area contributed by atoms with Crippen molar-refractivity contribution in [1.29, 1.82) is 0 Å². The summed E-state index contributed by atoms with van der Waals surface area (Å²) >= 11 is 0. The molecule has 6 rings (SSSR count). The Kier molecular flexibility index (Phi) is 4.27. The minimum atomic E-state index is -1.41. The number of nitrogens with zero attached hydrogens (tertiary/aromatic N) is 1. The molecule has 0 aliphatic rings. The molecule has 2 heteroatoms. The van der Waals surface area contributed by atoms with Crippen LogP contribution in [-0.4, -0.2) is 4.98 Å². The van der Waals surface area contributed by atoms with Crippen molar-refractivity contribution in [1.82, 2.24) is 4.98 Å². The third kappa shape index (κ3) is 3.86. The molecule has 6 aromatic rings. The highest BCUT2D eigenvalue weighted by atomic mass is 16.3. The van der Waals surface area contributed by atoms with Gasteiger partial charge in [-0.15, -0.1) is 0 Å². The first-order valence-electron chi connectivity index (χ1n) is 12.6. The van der Waals surface area contributed by atoms with Crippen LogP contribution in [0.5, 0.6) is 0 Å². The lowest BCUT2D eigenvalue weighted by Gasteiger charge is -2.18. The molecule has 0 saturated heterocycles. The molecule has 0 unspecified atom stereocenters. The molecule has 4 aromatic carbocycles. The van der Waals surface area contributed by atoms with E-state index in [1.54, 1.807) is 0 Å². The van der Waals surface area contributed by atoms with Gasteiger partial charge in [-0.3, -0.25) is 4.98 Å². The van der Waals surface area contributed by atoms with E-state index in [4.69, 9.17) is 7.16 Å². The summed E-state index contributed by atoms with van der Waals surface area (Å²) in [4.78, 5) is 4.63. The maximum absolute atomic E-state index is 8.54. The van der Waals surface area contributed by atoms with Crippen LogP contribution in [0.25, 0.3) is 55.1 Å². The van der Waals surface area contributed by atoms with E-state index >= 15 is 0 Å². The highest BCUT2D eigenvalue weighted by Gasteiger charge is 2.13. The van der Waals surface area contributed by atoms with Crippen molar-refractivity contribution in [3.63, 3.8) is 0 Å². The predicted molar refractivity (Wildman–Crippen MR) is 143 cm³/mol. The lowest BCUT2D eigenvalue weighted by molar-refractivity contribution is 0.411. The number of benzene rings is 4. The van der Waals surface area contributed by atoms with Crippen LogP contribution in [0.15, 0.2) is 102 Å². The predicted octanol–water partition coefficient (Wildman–Crippen LogP) is 9.06. The first-order valence-corrected chi connectivity index (χ1v) is 11.6. The molecule has 0 atom stereocenters. The number of fused-ring (bicyclic) bond motifs is 4. The molecule has 0 saturated carbocycles. The lowest BCUT2D eigenvalue weighted by atomic mass is 9.87. The third-order valence-corrected chi connectivity index (χ3v) is 6.13. The van der Waals surface area contributed by atoms with E-state index in [1.807, 2.05) is 63.4 Å². The summed E-state index contributed by atoms with van der Waals surface area (Å²) < 4.78 is 23.3. The minimum Gasteiger partial charge on any atom is -0.456 e. The van der Waals surface area contributed by atoms with Gasteiger partial charge < -0.3 is 4.42 Å². The standard InChI is InChI=1S/C32H27NO/c1-32(2,3)20-21-8-10-22(11-9-21)25-14-15-33-29(17-25)26-12-13-27-28-16-23-6-4-5-7-24(23)18-31(28)34-30(27)19-26/h4-19H,20H2,1-3H3/i20D2. The Hall–Kier alpha value is -3.91. The van der Waals surface area contributed by atoms with E-state index in [0.717, 1.165) is 44.3 Å². The highest BCUT2D eigenvalue weighted by molar-refractivity contribution is 6.10. The van der Waals surface area contributed by atoms with Crippen molar-refractivity contribution in [2.24, 2.45) is 5.41 Å². The number of aromatic nitrogens is 1. The Morgan fingerprint density at radius 3 is 2.18 bits per heavy atom. The molecule has 0 N–H and O–H groups in total. The molecule has 34 heavy (non-hydrogen) atoms. The maximum atomic E-state index is 8.54. The average molecular weight is 444 g/mol. The van der Waals surface area contributed by atoms with Crippen LogP contribution in [0.2, 0.25) is 0 Å². The summed E-state index contributed by atoms with van der Waals surface area (Å²) in [7, 11) is 0. The molecule has 2 heterocycles. The van der Waals surface area contributed by atoms with Crippen LogP contribution in [0.4, 0.5) is 0 Å². The summed E-state index contributed by atoms with van der Waals surface area (Å²) in [5, 5.41) is 4.58. The molecular formula is C32H27NO. The van der Waals surface area contributed by atoms with Crippen LogP contribution in [-0.2, 0) is 6.37 Å². The van der Waals surface area contributed by atoms with Gasteiger partial charge in [0.05, 0.1) is 5.69 Å². The third-order valence-electron chi connectivity index (χ3n) is 6.13. The molecular weight excluding hydrogens is 414 g/mol. The second-order valence-electron chi connectivity index (χ2n) is 9.89. The van der Waals surface area contributed by atoms with E-state index in [1.165, 1.54) is 10.8 Å². The second-order valence-corrected chi connectivity index (χ2v) is 9.89. The monoisotopic (exact) mass is 443 g/mol. The molecule has 0 aliphatic carbocycles. The van der Waals surface area contributed by atoms with Crippen LogP contribution in [0, 0.1) is 5.41 Å². The van der Waals surface area contributed by atoms with Crippen LogP contribution in [0.3, 0.4) is 0 Å². The number of rotatable bonds is 3. The summed E-state index contributed by atoms with van der Waals surface area (Å²) in [5.41, 5.74) is 5.87. The molecule has 0 amide bonds. The number of hydrogen-bond donors (Lipinski definition) is 0. The van der Waals surface area contributed by atoms with Gasteiger partial charge in [0, 0.05) is 25.3 Å². The number of furan rings is 1. The van der Waals surface area contributed by atoms with E-state index in [0.29, 0.717) is 5.56 Å². The van der Waals surface area contributed by atoms with E-state index in [9.17, 15) is 0 Å². The Morgan fingerprint density at radius 1 is 0.706 bits per heavy atom. The fourth-order valence-electron chi connectivity index (χ4n) is 4.57. The van der Waals surface area contributed by atoms with Gasteiger partial charge in [0.2, 0.25) is 0 Å². The fraction of sp³-hybridized carbons (Fsp3) is 0.156. The highest BCUT2D eigenvalue weighted by Crippen LogP contribution is 2.35. The van der Waals surface area contributed by atoms with Gasteiger partial charge in [-0.05, 0) is 75.6 Å². The summed E-state index contributed by atoms with van der Waals surface area (Å²) in [6.07, 6.45) is 0.408. The van der Waals surface area contributed by atoms with Crippen LogP contribution >= 0.6 is 0 Å². The SMILES string of the molecule is [2H]C([2H])(c1ccc(-c2ccnc(-c3ccc4c(c3)oc3cc5ccccc5cc34)c2)cc1)C(C)(C)C. The zero-order valence-electron chi connectivity index (χ0n) is 21.6. The van der Waals surface area contributed by atoms with Crippen molar-refractivity contribution >= 4 is 32.7 Å². The Bertz CT molecular complexity index is 1740. The summed E-state index contributed by atoms with van der Waals surface area (Å²) in [6.45, 7) is 5.78. The van der Waals surface area contributed by atoms with Crippen LogP contribution < -0.4 is 0 Å². The summed E-state index contributed by atoms with van der Waals surface area (Å²) in [6, 6.07) is 30.7. The first kappa shape index (κ1) is 18.5. The van der Waals surface area contributed by atoms with E-state index in [-0.39, 0.29) is 0 Å². The zero-order chi connectivity index (χ0) is 25.1. The van der Waals surface area contributed by atoms with Crippen molar-refractivity contribution in [2.75, 3.05) is 0 Å². The molecule has 0 bridgehead atoms. The lowest BCUT2D eigenvalue weighted by Crippen LogP contribution is -2.08. The molecule has 166 valence electrons. The second kappa shape index (κ2) is 7.85. The fourth-order valence-corrected chi connectivity index (χ4v) is 4.57. The summed E-state index contributed by atoms with van der Waals surface area (Å²) in [5.74, 6) is 0. The van der Waals surface area contributed by atoms with Crippen molar-refractivity contribution < 1.29 is 7.16 Å². The molecule has 0 radical (unpaired) electrons. The Morgan fingerprint density at radius 2 is 1.41 bits per heavy atom. The first-order chi connectivity index (χ1) is 17.2. The molecule has 2 nitrogen and oxygen atoms in total. The molecule has 2 aromatic heterocycles. The van der Waals surface area contributed by atoms with E-state index < -0.39 is 11.8 Å². The van der Waals surface area contributed by atoms with Gasteiger partial charge in [-0.1, -0.05) is 75.4 Å². The number of pyridine rings is 1. The quantitative estimate of drug-likeness (QED) is 0.273. The largest absolute Gasteiger partial charge is 0.456 e. The average Bonchev–Trinajstić information content (AvgIpc) is 3.23. The zero-order valence-corrected chi connectivity index (χ0v) is 19.6. The van der Waals surface area contributed by atoms with Crippen molar-refractivity contribution in [2.45, 2.75) is 27.1 Å². The van der Waals surface area contributed by atoms with Gasteiger partial charge in [0.15, 0.2) is 0 Å². The topological polar surface area (TPSA) is 26.0 Å². The minimum absolute atomic E-state index is 0.486. The van der Waals surface area contributed by atoms with Crippen LogP contribution in [0.1, 0.15) is 29.1 Å². The van der Waals surface area contributed by atoms with Gasteiger partial charge in [0.1, 0.15) is 11.2 Å². The molecule has 0 spiro atoms. The smallest absolute Gasteiger partial charge is 0.136 e. The van der Waals surface area contributed by atoms with Crippen molar-refractivity contribution in [3.8, 4) is 22.4 Å². The van der Waals surface area contributed by atoms with E-state index in [2.05, 4.69) is 59.6 Å². The normalized spacial score (nSPS) is 13.4.